The molecule has 0 spiro atoms. The summed E-state index contributed by atoms with van der Waals surface area (Å²) >= 11 is 0. The fourth-order valence-electron chi connectivity index (χ4n) is 2.50. The van der Waals surface area contributed by atoms with Crippen molar-refractivity contribution in [2.45, 2.75) is 56.1 Å². The van der Waals surface area contributed by atoms with Crippen molar-refractivity contribution in [1.82, 2.24) is 15.0 Å². The number of rotatable bonds is 6. The van der Waals surface area contributed by atoms with Gasteiger partial charge in [0.1, 0.15) is 0 Å². The number of nitrogens with one attached hydrogen (secondary N) is 3. The lowest BCUT2D eigenvalue weighted by Gasteiger charge is -2.32. The second-order valence-corrected chi connectivity index (χ2v) is 7.62. The minimum atomic E-state index is -3.35. The minimum Gasteiger partial charge on any atom is -0.363 e. The van der Waals surface area contributed by atoms with Gasteiger partial charge in [-0.05, 0) is 37.7 Å². The highest BCUT2D eigenvalue weighted by Gasteiger charge is 2.30. The second kappa shape index (κ2) is 4.92. The Labute approximate surface area is 114 Å². The molecule has 2 saturated carbocycles. The largest absolute Gasteiger partial charge is 0.363 e. The van der Waals surface area contributed by atoms with Gasteiger partial charge in [-0.1, -0.05) is 6.92 Å². The van der Waals surface area contributed by atoms with Gasteiger partial charge in [-0.3, -0.25) is 0 Å². The number of aromatic amines is 1. The number of H-pyrrole nitrogens is 1. The van der Waals surface area contributed by atoms with E-state index in [0.29, 0.717) is 23.4 Å². The van der Waals surface area contributed by atoms with Crippen LogP contribution in [0.25, 0.3) is 0 Å². The Kier molecular flexibility index (Phi) is 3.41. The number of aromatic nitrogens is 1. The molecule has 6 heteroatoms. The molecule has 1 aromatic heterocycles. The summed E-state index contributed by atoms with van der Waals surface area (Å²) in [6.07, 6.45) is 5.92. The van der Waals surface area contributed by atoms with Crippen LogP contribution in [-0.2, 0) is 16.6 Å². The highest BCUT2D eigenvalue weighted by molar-refractivity contribution is 7.89. The number of hydrogen-bond donors (Lipinski definition) is 3. The van der Waals surface area contributed by atoms with E-state index in [4.69, 9.17) is 0 Å². The summed E-state index contributed by atoms with van der Waals surface area (Å²) in [5.41, 5.74) is 0.925. The van der Waals surface area contributed by atoms with E-state index in [1.165, 1.54) is 12.8 Å². The van der Waals surface area contributed by atoms with E-state index in [1.807, 2.05) is 0 Å². The summed E-state index contributed by atoms with van der Waals surface area (Å²) in [6.45, 7) is 2.85. The molecule has 0 amide bonds. The average molecular weight is 283 g/mol. The molecule has 19 heavy (non-hydrogen) atoms. The molecule has 2 aliphatic carbocycles. The fraction of sp³-hybridized carbons (Fsp3) is 0.692. The van der Waals surface area contributed by atoms with Crippen LogP contribution in [0.1, 0.15) is 38.3 Å². The van der Waals surface area contributed by atoms with Crippen LogP contribution < -0.4 is 10.0 Å². The summed E-state index contributed by atoms with van der Waals surface area (Å²) in [5.74, 6) is 0.636. The standard InChI is InChI=1S/C13H21N3O2S/c1-9-4-11(5-9)16-19(17,18)13-6-12(15-8-13)7-14-10-2-3-10/h6,8-11,14-16H,2-5,7H2,1H3. The second-order valence-electron chi connectivity index (χ2n) is 5.91. The molecule has 0 aliphatic heterocycles. The molecule has 1 aromatic rings. The first-order chi connectivity index (χ1) is 9.03. The molecule has 0 aromatic carbocycles. The lowest BCUT2D eigenvalue weighted by molar-refractivity contribution is 0.270. The predicted octanol–water partition coefficient (Wildman–Crippen LogP) is 1.34. The highest BCUT2D eigenvalue weighted by atomic mass is 32.2. The van der Waals surface area contributed by atoms with Crippen molar-refractivity contribution in [3.8, 4) is 0 Å². The summed E-state index contributed by atoms with van der Waals surface area (Å²) < 4.78 is 27.1. The molecule has 3 N–H and O–H groups in total. The van der Waals surface area contributed by atoms with E-state index in [-0.39, 0.29) is 6.04 Å². The first-order valence-electron chi connectivity index (χ1n) is 6.96. The quantitative estimate of drug-likeness (QED) is 0.737. The maximum atomic E-state index is 12.2. The molecule has 0 radical (unpaired) electrons. The molecule has 5 nitrogen and oxygen atoms in total. The summed E-state index contributed by atoms with van der Waals surface area (Å²) in [4.78, 5) is 3.38. The van der Waals surface area contributed by atoms with Crippen LogP contribution in [0.4, 0.5) is 0 Å². The van der Waals surface area contributed by atoms with Crippen LogP contribution in [0.15, 0.2) is 17.2 Å². The molecule has 0 bridgehead atoms. The smallest absolute Gasteiger partial charge is 0.242 e. The van der Waals surface area contributed by atoms with E-state index in [0.717, 1.165) is 18.5 Å². The van der Waals surface area contributed by atoms with Gasteiger partial charge in [0.15, 0.2) is 0 Å². The van der Waals surface area contributed by atoms with E-state index < -0.39 is 10.0 Å². The summed E-state index contributed by atoms with van der Waals surface area (Å²) in [5, 5.41) is 3.36. The Morgan fingerprint density at radius 1 is 1.32 bits per heavy atom. The van der Waals surface area contributed by atoms with Gasteiger partial charge >= 0.3 is 0 Å². The van der Waals surface area contributed by atoms with E-state index in [1.54, 1.807) is 12.3 Å². The van der Waals surface area contributed by atoms with Gasteiger partial charge in [0, 0.05) is 30.5 Å². The van der Waals surface area contributed by atoms with Crippen molar-refractivity contribution in [3.05, 3.63) is 18.0 Å². The van der Waals surface area contributed by atoms with Gasteiger partial charge in [-0.2, -0.15) is 0 Å². The minimum absolute atomic E-state index is 0.114. The Balaban J connectivity index is 1.59. The fourth-order valence-corrected chi connectivity index (χ4v) is 3.78. The molecule has 1 heterocycles. The van der Waals surface area contributed by atoms with Crippen molar-refractivity contribution >= 4 is 10.0 Å². The number of sulfonamides is 1. The van der Waals surface area contributed by atoms with Gasteiger partial charge in [0.25, 0.3) is 0 Å². The maximum absolute atomic E-state index is 12.2. The molecule has 3 rings (SSSR count). The lowest BCUT2D eigenvalue weighted by Crippen LogP contribution is -2.43. The predicted molar refractivity (Wildman–Crippen MR) is 73.2 cm³/mol. The number of hydrogen-bond acceptors (Lipinski definition) is 3. The Bertz CT molecular complexity index is 542. The molecular weight excluding hydrogens is 262 g/mol. The zero-order valence-electron chi connectivity index (χ0n) is 11.1. The van der Waals surface area contributed by atoms with E-state index in [2.05, 4.69) is 21.9 Å². The topological polar surface area (TPSA) is 74.0 Å². The van der Waals surface area contributed by atoms with Crippen molar-refractivity contribution in [1.29, 1.82) is 0 Å². The van der Waals surface area contributed by atoms with Crippen LogP contribution >= 0.6 is 0 Å². The molecule has 2 aliphatic rings. The van der Waals surface area contributed by atoms with Gasteiger partial charge in [0.05, 0.1) is 4.90 Å². The van der Waals surface area contributed by atoms with Gasteiger partial charge in [0.2, 0.25) is 10.0 Å². The summed E-state index contributed by atoms with van der Waals surface area (Å²) in [7, 11) is -3.35. The zero-order chi connectivity index (χ0) is 13.5. The molecule has 0 unspecified atom stereocenters. The monoisotopic (exact) mass is 283 g/mol. The third-order valence-corrected chi connectivity index (χ3v) is 5.38. The van der Waals surface area contributed by atoms with Crippen LogP contribution in [0.2, 0.25) is 0 Å². The zero-order valence-corrected chi connectivity index (χ0v) is 12.0. The molecule has 2 fully saturated rings. The van der Waals surface area contributed by atoms with Gasteiger partial charge in [-0.25, -0.2) is 13.1 Å². The third kappa shape index (κ3) is 3.19. The summed E-state index contributed by atoms with van der Waals surface area (Å²) in [6, 6.07) is 2.46. The van der Waals surface area contributed by atoms with Crippen molar-refractivity contribution in [3.63, 3.8) is 0 Å². The van der Waals surface area contributed by atoms with Crippen LogP contribution in [0, 0.1) is 5.92 Å². The highest BCUT2D eigenvalue weighted by Crippen LogP contribution is 2.28. The van der Waals surface area contributed by atoms with Crippen molar-refractivity contribution < 1.29 is 8.42 Å². The Morgan fingerprint density at radius 2 is 2.05 bits per heavy atom. The first-order valence-corrected chi connectivity index (χ1v) is 8.44. The van der Waals surface area contributed by atoms with Gasteiger partial charge < -0.3 is 10.3 Å². The normalized spacial score (nSPS) is 27.2. The van der Waals surface area contributed by atoms with Gasteiger partial charge in [-0.15, -0.1) is 0 Å². The van der Waals surface area contributed by atoms with Crippen LogP contribution in [0.3, 0.4) is 0 Å². The average Bonchev–Trinajstić information content (AvgIpc) is 3.01. The molecular formula is C13H21N3O2S. The van der Waals surface area contributed by atoms with E-state index >= 15 is 0 Å². The van der Waals surface area contributed by atoms with Crippen LogP contribution in [-0.4, -0.2) is 25.5 Å². The maximum Gasteiger partial charge on any atom is 0.242 e. The molecule has 106 valence electrons. The Hall–Kier alpha value is -0.850. The van der Waals surface area contributed by atoms with Crippen molar-refractivity contribution in [2.75, 3.05) is 0 Å². The van der Waals surface area contributed by atoms with E-state index in [9.17, 15) is 8.42 Å². The SMILES string of the molecule is CC1CC(NS(=O)(=O)c2c[nH]c(CNC3CC3)c2)C1. The van der Waals surface area contributed by atoms with Crippen molar-refractivity contribution in [2.24, 2.45) is 5.92 Å². The van der Waals surface area contributed by atoms with Crippen LogP contribution in [0.5, 0.6) is 0 Å². The molecule has 0 atom stereocenters. The first kappa shape index (κ1) is 13.1. The molecule has 0 saturated heterocycles. The lowest BCUT2D eigenvalue weighted by atomic mass is 9.83. The third-order valence-electron chi connectivity index (χ3n) is 3.88. The Morgan fingerprint density at radius 3 is 2.68 bits per heavy atom.